The van der Waals surface area contributed by atoms with Gasteiger partial charge in [-0.05, 0) is 43.4 Å². The molecule has 19 heteroatoms. The van der Waals surface area contributed by atoms with Gasteiger partial charge in [-0.3, -0.25) is 37.3 Å². The lowest BCUT2D eigenvalue weighted by Gasteiger charge is -2.21. The molecule has 0 radical (unpaired) electrons. The Labute approximate surface area is 543 Å². The van der Waals surface area contributed by atoms with Gasteiger partial charge in [0, 0.05) is 25.7 Å². The second-order valence-electron chi connectivity index (χ2n) is 26.5. The van der Waals surface area contributed by atoms with E-state index in [1.54, 1.807) is 0 Å². The highest BCUT2D eigenvalue weighted by molar-refractivity contribution is 7.47. The molecule has 3 unspecified atom stereocenters. The molecule has 0 aliphatic carbocycles. The summed E-state index contributed by atoms with van der Waals surface area (Å²) in [5.74, 6) is 0.184. The van der Waals surface area contributed by atoms with E-state index < -0.39 is 97.5 Å². The minimum atomic E-state index is -4.95. The first-order chi connectivity index (χ1) is 42.8. The van der Waals surface area contributed by atoms with Crippen LogP contribution < -0.4 is 0 Å². The minimum Gasteiger partial charge on any atom is -0.462 e. The molecule has 0 amide bonds. The first kappa shape index (κ1) is 87.1. The molecular formula is C70H136O17P2. The van der Waals surface area contributed by atoms with Crippen molar-refractivity contribution in [1.29, 1.82) is 0 Å². The summed E-state index contributed by atoms with van der Waals surface area (Å²) in [6, 6.07) is 0. The Morgan fingerprint density at radius 1 is 0.326 bits per heavy atom. The van der Waals surface area contributed by atoms with Gasteiger partial charge in [-0.1, -0.05) is 299 Å². The van der Waals surface area contributed by atoms with Crippen LogP contribution in [0.15, 0.2) is 0 Å². The first-order valence-electron chi connectivity index (χ1n) is 36.4. The van der Waals surface area contributed by atoms with Crippen LogP contribution >= 0.6 is 15.6 Å². The average molecular weight is 1310 g/mol. The lowest BCUT2D eigenvalue weighted by Crippen LogP contribution is -2.30. The average Bonchev–Trinajstić information content (AvgIpc) is 3.65. The molecule has 0 aromatic rings. The number of aliphatic hydroxyl groups excluding tert-OH is 1. The Bertz CT molecular complexity index is 1750. The van der Waals surface area contributed by atoms with Gasteiger partial charge in [0.25, 0.3) is 0 Å². The monoisotopic (exact) mass is 1310 g/mol. The summed E-state index contributed by atoms with van der Waals surface area (Å²) in [5.41, 5.74) is 0. The van der Waals surface area contributed by atoms with E-state index >= 15 is 0 Å². The van der Waals surface area contributed by atoms with Crippen molar-refractivity contribution >= 4 is 39.5 Å². The Morgan fingerprint density at radius 3 is 0.854 bits per heavy atom. The molecule has 0 saturated carbocycles. The Morgan fingerprint density at radius 2 is 0.573 bits per heavy atom. The number of unbranched alkanes of at least 4 members (excludes halogenated alkanes) is 35. The Balaban J connectivity index is 5.20. The molecule has 0 aliphatic heterocycles. The molecule has 0 heterocycles. The minimum absolute atomic E-state index is 0.104. The van der Waals surface area contributed by atoms with E-state index in [0.717, 1.165) is 120 Å². The lowest BCUT2D eigenvalue weighted by atomic mass is 9.99. The molecule has 6 atom stereocenters. The van der Waals surface area contributed by atoms with E-state index in [1.165, 1.54) is 148 Å². The molecule has 0 fully saturated rings. The van der Waals surface area contributed by atoms with Crippen LogP contribution in [0.1, 0.15) is 350 Å². The Kier molecular flexibility index (Phi) is 59.6. The lowest BCUT2D eigenvalue weighted by molar-refractivity contribution is -0.161. The number of rotatable bonds is 68. The summed E-state index contributed by atoms with van der Waals surface area (Å²) in [6.07, 6.45) is 44.5. The molecule has 0 saturated heterocycles. The molecule has 528 valence electrons. The van der Waals surface area contributed by atoms with Crippen molar-refractivity contribution in [3.05, 3.63) is 0 Å². The summed E-state index contributed by atoms with van der Waals surface area (Å²) < 4.78 is 68.2. The first-order valence-corrected chi connectivity index (χ1v) is 39.4. The maximum atomic E-state index is 13.0. The van der Waals surface area contributed by atoms with Crippen LogP contribution in [-0.4, -0.2) is 96.7 Å². The van der Waals surface area contributed by atoms with Crippen molar-refractivity contribution in [1.82, 2.24) is 0 Å². The smallest absolute Gasteiger partial charge is 0.462 e. The summed E-state index contributed by atoms with van der Waals surface area (Å²) in [7, 11) is -9.90. The molecule has 0 bridgehead atoms. The Hall–Kier alpha value is -1.94. The van der Waals surface area contributed by atoms with Gasteiger partial charge in [-0.15, -0.1) is 0 Å². The summed E-state index contributed by atoms with van der Waals surface area (Å²) >= 11 is 0. The number of hydrogen-bond acceptors (Lipinski definition) is 15. The predicted octanol–water partition coefficient (Wildman–Crippen LogP) is 19.8. The van der Waals surface area contributed by atoms with Crippen molar-refractivity contribution in [3.8, 4) is 0 Å². The molecule has 0 aromatic heterocycles. The predicted molar refractivity (Wildman–Crippen MR) is 358 cm³/mol. The van der Waals surface area contributed by atoms with E-state index in [-0.39, 0.29) is 25.7 Å². The zero-order valence-corrected chi connectivity index (χ0v) is 59.7. The largest absolute Gasteiger partial charge is 0.472 e. The molecular weight excluding hydrogens is 1170 g/mol. The van der Waals surface area contributed by atoms with E-state index in [2.05, 4.69) is 48.5 Å². The van der Waals surface area contributed by atoms with Gasteiger partial charge in [0.1, 0.15) is 19.3 Å². The molecule has 89 heavy (non-hydrogen) atoms. The van der Waals surface area contributed by atoms with Crippen LogP contribution in [0.5, 0.6) is 0 Å². The maximum Gasteiger partial charge on any atom is 0.472 e. The van der Waals surface area contributed by atoms with E-state index in [4.69, 9.17) is 37.0 Å². The third kappa shape index (κ3) is 63.2. The third-order valence-electron chi connectivity index (χ3n) is 16.5. The van der Waals surface area contributed by atoms with E-state index in [9.17, 15) is 43.2 Å². The SMILES string of the molecule is CCCCCCCCCC(=O)OC[C@H](COP(=O)(O)OC[C@H](O)COP(=O)(O)OC[C@@H](COC(=O)CCCCCCCCCCCC(C)C)OC(=O)CCCCCCCCCCCCCCCCCC(C)C)OC(=O)CCCCCCCCCCC(C)CC. The van der Waals surface area contributed by atoms with Crippen LogP contribution in [0, 0.1) is 17.8 Å². The van der Waals surface area contributed by atoms with Crippen LogP contribution in [0.2, 0.25) is 0 Å². The topological polar surface area (TPSA) is 237 Å². The van der Waals surface area contributed by atoms with Gasteiger partial charge < -0.3 is 33.8 Å². The van der Waals surface area contributed by atoms with Crippen LogP contribution in [0.4, 0.5) is 0 Å². The number of hydrogen-bond donors (Lipinski definition) is 3. The number of phosphoric acid groups is 2. The maximum absolute atomic E-state index is 13.0. The molecule has 0 spiro atoms. The van der Waals surface area contributed by atoms with Gasteiger partial charge in [0.15, 0.2) is 12.2 Å². The fraction of sp³-hybridized carbons (Fsp3) is 0.943. The summed E-state index contributed by atoms with van der Waals surface area (Å²) in [5, 5.41) is 10.6. The summed E-state index contributed by atoms with van der Waals surface area (Å²) in [4.78, 5) is 72.4. The quantitative estimate of drug-likeness (QED) is 0.0222. The zero-order valence-electron chi connectivity index (χ0n) is 57.9. The number of carbonyl (C=O) groups is 4. The normalized spacial score (nSPS) is 14.5. The second-order valence-corrected chi connectivity index (χ2v) is 29.4. The molecule has 0 aliphatic rings. The zero-order chi connectivity index (χ0) is 65.9. The van der Waals surface area contributed by atoms with Crippen LogP contribution in [0.25, 0.3) is 0 Å². The van der Waals surface area contributed by atoms with Gasteiger partial charge in [-0.2, -0.15) is 0 Å². The van der Waals surface area contributed by atoms with Crippen LogP contribution in [0.3, 0.4) is 0 Å². The standard InChI is InChI=1S/C70H136O17P2/c1-8-10-11-12-27-37-44-51-67(72)80-57-65(87-70(75)54-47-40-33-26-25-30-36-43-50-63(7)9-2)59-84-88(76,77)82-55-64(71)56-83-89(78,79)85-60-66(58-81-68(73)52-45-38-31-24-20-22-29-35-42-49-62(5)6)86-69(74)53-46-39-32-23-19-17-15-13-14-16-18-21-28-34-41-48-61(3)4/h61-66,71H,8-60H2,1-7H3,(H,76,77)(H,78,79)/t63?,64-,65+,66+/m0/s1. The molecule has 3 N–H and O–H groups in total. The molecule has 0 rings (SSSR count). The second kappa shape index (κ2) is 61.0. The summed E-state index contributed by atoms with van der Waals surface area (Å²) in [6.45, 7) is 11.8. The fourth-order valence-electron chi connectivity index (χ4n) is 10.5. The molecule has 17 nitrogen and oxygen atoms in total. The van der Waals surface area contributed by atoms with Crippen LogP contribution in [-0.2, 0) is 65.4 Å². The van der Waals surface area contributed by atoms with Crippen molar-refractivity contribution in [3.63, 3.8) is 0 Å². The van der Waals surface area contributed by atoms with Crippen molar-refractivity contribution in [2.45, 2.75) is 369 Å². The van der Waals surface area contributed by atoms with Gasteiger partial charge >= 0.3 is 39.5 Å². The third-order valence-corrected chi connectivity index (χ3v) is 18.4. The number of ether oxygens (including phenoxy) is 4. The highest BCUT2D eigenvalue weighted by Crippen LogP contribution is 2.45. The van der Waals surface area contributed by atoms with Crippen molar-refractivity contribution in [2.75, 3.05) is 39.6 Å². The van der Waals surface area contributed by atoms with Crippen molar-refractivity contribution in [2.24, 2.45) is 17.8 Å². The number of esters is 4. The van der Waals surface area contributed by atoms with Crippen molar-refractivity contribution < 1.29 is 80.2 Å². The van der Waals surface area contributed by atoms with Gasteiger partial charge in [0.05, 0.1) is 26.4 Å². The highest BCUT2D eigenvalue weighted by atomic mass is 31.2. The van der Waals surface area contributed by atoms with E-state index in [0.29, 0.717) is 25.7 Å². The highest BCUT2D eigenvalue weighted by Gasteiger charge is 2.30. The fourth-order valence-corrected chi connectivity index (χ4v) is 12.1. The number of carbonyl (C=O) groups excluding carboxylic acids is 4. The number of aliphatic hydroxyl groups is 1. The number of phosphoric ester groups is 2. The molecule has 0 aromatic carbocycles. The van der Waals surface area contributed by atoms with E-state index in [1.807, 2.05) is 0 Å². The van der Waals surface area contributed by atoms with Gasteiger partial charge in [-0.25, -0.2) is 9.13 Å². The van der Waals surface area contributed by atoms with Gasteiger partial charge in [0.2, 0.25) is 0 Å².